The van der Waals surface area contributed by atoms with Crippen molar-refractivity contribution >= 4 is 53.2 Å². The first kappa shape index (κ1) is 46.1. The fraction of sp³-hybridized carbons (Fsp3) is 0.292. The summed E-state index contributed by atoms with van der Waals surface area (Å²) in [6.45, 7) is 7.56. The van der Waals surface area contributed by atoms with Crippen molar-refractivity contribution in [2.24, 2.45) is 0 Å². The summed E-state index contributed by atoms with van der Waals surface area (Å²) in [4.78, 5) is 48.9. The quantitative estimate of drug-likeness (QED) is 0.0418. The average molecular weight is 745 g/mol. The number of carbonyl (C=O) groups excluding carboxylic acids is 3. The van der Waals surface area contributed by atoms with Crippen molar-refractivity contribution in [3.05, 3.63) is 75.2 Å². The summed E-state index contributed by atoms with van der Waals surface area (Å²) in [5.41, 5.74) is 2.23. The number of carbonyl (C=O) groups is 3. The maximum Gasteiger partial charge on any atom is 1.00 e. The molecule has 45 heavy (non-hydrogen) atoms. The number of aromatic nitrogens is 8. The Balaban J connectivity index is -0.000000275. The molecule has 0 aliphatic carbocycles. The van der Waals surface area contributed by atoms with E-state index >= 15 is 0 Å². The number of H-pyrrole nitrogens is 1. The number of nitrogens with zero attached hydrogens (tertiary/aromatic N) is 7. The average Bonchev–Trinajstić information content (AvgIpc) is 3.60. The van der Waals surface area contributed by atoms with Gasteiger partial charge in [-0.25, -0.2) is 29.2 Å². The number of alkyl halides is 1. The van der Waals surface area contributed by atoms with Crippen molar-refractivity contribution in [1.29, 1.82) is 0 Å². The summed E-state index contributed by atoms with van der Waals surface area (Å²) >= 11 is 16.4. The zero-order valence-corrected chi connectivity index (χ0v) is 33.7. The standard InChI is InChI=1S/C11H11ClN4O2.C7H10N2O2.C4H2Cl2N2.CH3F.CH2O3.2K.H/c1-3-18-10(17)8-6-16(15-7(8)2)9-4-5-13-11(12)14-9;1-3-11-7(10)6-4-8-9-5(6)2;5-3-1-2-7-4(6)8-3;1-2;2-1-4-3;;;/h4-6H,3H2,1-2H3;4H,3H2,1-2H3,(H,8,9);1-2H;1H3;1,3H;;;/q;;;;;2*+1;-1/p-1/i;;;1D;;;;. The third-order valence-corrected chi connectivity index (χ3v) is 4.77. The predicted molar refractivity (Wildman–Crippen MR) is 151 cm³/mol. The Hall–Kier alpha value is -0.977. The van der Waals surface area contributed by atoms with E-state index in [2.05, 4.69) is 40.1 Å². The van der Waals surface area contributed by atoms with Crippen LogP contribution in [-0.2, 0) is 19.2 Å². The molecule has 0 aromatic carbocycles. The summed E-state index contributed by atoms with van der Waals surface area (Å²) in [5.74, 6) is -0.228. The molecule has 15 nitrogen and oxygen atoms in total. The van der Waals surface area contributed by atoms with E-state index in [0.717, 1.165) is 5.69 Å². The van der Waals surface area contributed by atoms with Gasteiger partial charge < -0.3 is 21.0 Å². The van der Waals surface area contributed by atoms with E-state index in [1.165, 1.54) is 23.3 Å². The van der Waals surface area contributed by atoms with Crippen molar-refractivity contribution in [2.45, 2.75) is 27.7 Å². The molecule has 4 rings (SSSR count). The number of ether oxygens (including phenoxy) is 2. The molecule has 0 bridgehead atoms. The van der Waals surface area contributed by atoms with Gasteiger partial charge in [0.05, 0.1) is 33.6 Å². The summed E-state index contributed by atoms with van der Waals surface area (Å²) in [7, 11) is -1.00. The normalized spacial score (nSPS) is 9.04. The second-order valence-electron chi connectivity index (χ2n) is 6.95. The molecular formula is C24H28Cl3FK2N8O7. The van der Waals surface area contributed by atoms with Gasteiger partial charge in [0.1, 0.15) is 16.3 Å². The molecular weight excluding hydrogens is 716 g/mol. The van der Waals surface area contributed by atoms with Crippen LogP contribution in [0, 0.1) is 13.8 Å². The van der Waals surface area contributed by atoms with Gasteiger partial charge in [-0.2, -0.15) is 15.2 Å². The first-order valence-corrected chi connectivity index (χ1v) is 12.7. The van der Waals surface area contributed by atoms with Gasteiger partial charge >= 0.3 is 115 Å². The van der Waals surface area contributed by atoms with Crippen LogP contribution >= 0.6 is 34.8 Å². The number of aromatic amines is 1. The van der Waals surface area contributed by atoms with E-state index in [4.69, 9.17) is 55.7 Å². The Morgan fingerprint density at radius 1 is 1.04 bits per heavy atom. The summed E-state index contributed by atoms with van der Waals surface area (Å²) < 4.78 is 26.7. The molecule has 0 saturated carbocycles. The fourth-order valence-electron chi connectivity index (χ4n) is 2.52. The molecule has 236 valence electrons. The van der Waals surface area contributed by atoms with E-state index < -0.39 is 13.1 Å². The first-order valence-electron chi connectivity index (χ1n) is 12.3. The molecule has 0 spiro atoms. The Labute approximate surface area is 361 Å². The topological polar surface area (TPSA) is 200 Å². The minimum Gasteiger partial charge on any atom is -1.00 e. The zero-order chi connectivity index (χ0) is 33.5. The van der Waals surface area contributed by atoms with Gasteiger partial charge in [0, 0.05) is 30.4 Å². The minimum atomic E-state index is -1.00. The molecule has 0 aliphatic rings. The Morgan fingerprint density at radius 3 is 1.96 bits per heavy atom. The van der Waals surface area contributed by atoms with Crippen LogP contribution in [0.4, 0.5) is 4.39 Å². The van der Waals surface area contributed by atoms with Gasteiger partial charge in [0.2, 0.25) is 10.6 Å². The molecule has 21 heteroatoms. The van der Waals surface area contributed by atoms with Crippen LogP contribution < -0.4 is 108 Å². The second-order valence-corrected chi connectivity index (χ2v) is 8.01. The number of esters is 2. The molecule has 0 radical (unpaired) electrons. The number of hydrogen-bond acceptors (Lipinski definition) is 13. The Kier molecular flexibility index (Phi) is 29.9. The van der Waals surface area contributed by atoms with Gasteiger partial charge in [0.25, 0.3) is 6.47 Å². The summed E-state index contributed by atoms with van der Waals surface area (Å²) in [6, 6.07) is 3.21. The van der Waals surface area contributed by atoms with E-state index in [-0.39, 0.29) is 127 Å². The van der Waals surface area contributed by atoms with Gasteiger partial charge in [-0.15, -0.1) is 0 Å². The van der Waals surface area contributed by atoms with Gasteiger partial charge in [-0.3, -0.25) is 14.3 Å². The maximum atomic E-state index is 11.6. The van der Waals surface area contributed by atoms with Crippen LogP contribution in [0.25, 0.3) is 5.82 Å². The third kappa shape index (κ3) is 20.1. The molecule has 0 atom stereocenters. The van der Waals surface area contributed by atoms with Gasteiger partial charge in [0.15, 0.2) is 5.82 Å². The molecule has 0 fully saturated rings. The smallest absolute Gasteiger partial charge is 1.00 e. The predicted octanol–water partition coefficient (Wildman–Crippen LogP) is -2.38. The Bertz CT molecular complexity index is 1430. The van der Waals surface area contributed by atoms with Crippen LogP contribution in [-0.4, -0.2) is 78.7 Å². The molecule has 4 heterocycles. The number of rotatable bonds is 6. The molecule has 4 aromatic rings. The van der Waals surface area contributed by atoms with E-state index in [9.17, 15) is 14.0 Å². The molecule has 1 N–H and O–H groups in total. The molecule has 0 amide bonds. The van der Waals surface area contributed by atoms with E-state index in [0.29, 0.717) is 41.0 Å². The van der Waals surface area contributed by atoms with Crippen molar-refractivity contribution in [2.75, 3.05) is 20.4 Å². The van der Waals surface area contributed by atoms with Crippen LogP contribution in [0.1, 0.15) is 48.7 Å². The van der Waals surface area contributed by atoms with Crippen LogP contribution in [0.3, 0.4) is 0 Å². The SMILES string of the molecule is CCOC(=O)c1cn(-c2ccnc(Cl)n2)nc1C.CCOC(=O)c1cn[nH]c1C.Clc1ccnc(Cl)n1.O=CO[O-].[2H]CF.[H-].[K+].[K+]. The van der Waals surface area contributed by atoms with Gasteiger partial charge in [-0.05, 0) is 57.0 Å². The van der Waals surface area contributed by atoms with Crippen LogP contribution in [0.2, 0.25) is 15.7 Å². The van der Waals surface area contributed by atoms with E-state index in [1.54, 1.807) is 46.0 Å². The summed E-state index contributed by atoms with van der Waals surface area (Å²) in [5, 5.41) is 19.6. The van der Waals surface area contributed by atoms with Crippen LogP contribution in [0.15, 0.2) is 36.9 Å². The molecule has 4 aromatic heterocycles. The molecule has 0 saturated heterocycles. The van der Waals surface area contributed by atoms with E-state index in [1.807, 2.05) is 0 Å². The number of nitrogens with one attached hydrogen (secondary N) is 1. The minimum absolute atomic E-state index is 0. The molecule has 0 aliphatic heterocycles. The fourth-order valence-corrected chi connectivity index (χ4v) is 2.99. The second kappa shape index (κ2) is 29.2. The monoisotopic (exact) mass is 743 g/mol. The molecule has 0 unspecified atom stereocenters. The first-order chi connectivity index (χ1) is 21.0. The van der Waals surface area contributed by atoms with Crippen molar-refractivity contribution in [1.82, 2.24) is 39.9 Å². The maximum absolute atomic E-state index is 11.6. The number of hydrogen-bond donors (Lipinski definition) is 1. The van der Waals surface area contributed by atoms with Gasteiger partial charge in [-0.1, -0.05) is 11.6 Å². The summed E-state index contributed by atoms with van der Waals surface area (Å²) in [6.07, 6.45) is 6.04. The number of halogens is 4. The number of aryl methyl sites for hydroxylation is 2. The van der Waals surface area contributed by atoms with Crippen molar-refractivity contribution < 1.29 is 144 Å². The third-order valence-electron chi connectivity index (χ3n) is 4.20. The van der Waals surface area contributed by atoms with Crippen molar-refractivity contribution in [3.63, 3.8) is 0 Å². The Morgan fingerprint density at radius 2 is 1.56 bits per heavy atom. The van der Waals surface area contributed by atoms with Crippen molar-refractivity contribution in [3.8, 4) is 5.82 Å². The largest absolute Gasteiger partial charge is 1.00 e. The van der Waals surface area contributed by atoms with Crippen LogP contribution in [0.5, 0.6) is 0 Å². The zero-order valence-electron chi connectivity index (χ0n) is 27.2.